The molecule has 0 atom stereocenters. The van der Waals surface area contributed by atoms with Gasteiger partial charge in [-0.15, -0.1) is 0 Å². The van der Waals surface area contributed by atoms with Crippen LogP contribution < -0.4 is 5.32 Å². The number of fused-ring (bicyclic) bond motifs is 1. The van der Waals surface area contributed by atoms with E-state index < -0.39 is 0 Å². The van der Waals surface area contributed by atoms with Crippen molar-refractivity contribution in [1.82, 2.24) is 24.2 Å². The Balaban J connectivity index is 1.79. The fourth-order valence-corrected chi connectivity index (χ4v) is 3.04. The first-order valence-corrected chi connectivity index (χ1v) is 9.07. The van der Waals surface area contributed by atoms with Crippen molar-refractivity contribution in [3.05, 3.63) is 42.2 Å². The highest BCUT2D eigenvalue weighted by Gasteiger charge is 2.14. The Labute approximate surface area is 153 Å². The molecular weight excluding hydrogens is 328 g/mol. The van der Waals surface area contributed by atoms with Crippen molar-refractivity contribution in [2.75, 3.05) is 25.0 Å². The summed E-state index contributed by atoms with van der Waals surface area (Å²) in [6.07, 6.45) is 3.59. The van der Waals surface area contributed by atoms with E-state index in [1.54, 1.807) is 10.9 Å². The number of benzene rings is 1. The Morgan fingerprint density at radius 3 is 2.69 bits per heavy atom. The van der Waals surface area contributed by atoms with E-state index in [1.807, 2.05) is 37.4 Å². The molecule has 0 bridgehead atoms. The number of carbonyl (C=O) groups excluding carboxylic acids is 1. The molecule has 7 heteroatoms. The van der Waals surface area contributed by atoms with Crippen LogP contribution in [-0.4, -0.2) is 49.8 Å². The van der Waals surface area contributed by atoms with Crippen molar-refractivity contribution in [2.24, 2.45) is 0 Å². The molecule has 2 heterocycles. The van der Waals surface area contributed by atoms with E-state index in [9.17, 15) is 4.79 Å². The first-order valence-electron chi connectivity index (χ1n) is 9.07. The smallest absolute Gasteiger partial charge is 0.248 e. The van der Waals surface area contributed by atoms with Gasteiger partial charge in [-0.2, -0.15) is 5.10 Å². The summed E-state index contributed by atoms with van der Waals surface area (Å²) < 4.78 is 3.72. The first kappa shape index (κ1) is 18.1. The summed E-state index contributed by atoms with van der Waals surface area (Å²) in [6, 6.07) is 7.96. The van der Waals surface area contributed by atoms with Crippen molar-refractivity contribution in [3.8, 4) is 0 Å². The number of hydrogen-bond acceptors (Lipinski definition) is 4. The summed E-state index contributed by atoms with van der Waals surface area (Å²) in [7, 11) is 0. The lowest BCUT2D eigenvalue weighted by Gasteiger charge is -2.19. The minimum atomic E-state index is -0.132. The lowest BCUT2D eigenvalue weighted by molar-refractivity contribution is -0.117. The van der Waals surface area contributed by atoms with E-state index in [4.69, 9.17) is 0 Å². The minimum Gasteiger partial charge on any atom is -0.309 e. The van der Waals surface area contributed by atoms with Crippen LogP contribution in [0.2, 0.25) is 0 Å². The van der Waals surface area contributed by atoms with Crippen molar-refractivity contribution in [2.45, 2.75) is 33.9 Å². The minimum absolute atomic E-state index is 0.132. The average Bonchev–Trinajstić information content (AvgIpc) is 3.19. The number of likely N-dealkylation sites (N-methyl/N-ethyl adjacent to an activating group) is 1. The molecule has 3 aromatic rings. The van der Waals surface area contributed by atoms with Gasteiger partial charge in [-0.1, -0.05) is 26.0 Å². The predicted octanol–water partition coefficient (Wildman–Crippen LogP) is 2.52. The number of para-hydroxylation sites is 2. The fourth-order valence-electron chi connectivity index (χ4n) is 3.04. The van der Waals surface area contributed by atoms with Gasteiger partial charge < -0.3 is 9.47 Å². The van der Waals surface area contributed by atoms with Gasteiger partial charge in [0, 0.05) is 19.3 Å². The quantitative estimate of drug-likeness (QED) is 0.675. The number of nitrogens with zero attached hydrogens (tertiary/aromatic N) is 5. The van der Waals surface area contributed by atoms with Crippen LogP contribution in [0.25, 0.3) is 11.0 Å². The Bertz CT molecular complexity index is 877. The summed E-state index contributed by atoms with van der Waals surface area (Å²) >= 11 is 0. The third-order valence-electron chi connectivity index (χ3n) is 4.51. The number of anilines is 1. The van der Waals surface area contributed by atoms with Crippen molar-refractivity contribution >= 4 is 22.9 Å². The molecule has 0 aliphatic rings. The van der Waals surface area contributed by atoms with Crippen LogP contribution in [-0.2, 0) is 17.9 Å². The van der Waals surface area contributed by atoms with Gasteiger partial charge >= 0.3 is 0 Å². The zero-order valence-electron chi connectivity index (χ0n) is 15.6. The number of aromatic nitrogens is 4. The second-order valence-electron chi connectivity index (χ2n) is 6.37. The Morgan fingerprint density at radius 2 is 2.00 bits per heavy atom. The largest absolute Gasteiger partial charge is 0.309 e. The molecular formula is C19H26N6O. The number of nitrogens with one attached hydrogen (secondary N) is 1. The molecule has 7 nitrogen and oxygen atoms in total. The standard InChI is InChI=1S/C19H26N6O/c1-4-23(5-2)10-11-25-17-9-7-6-8-16(17)21-19(25)22-18(26)14-24-13-15(3)12-20-24/h6-9,12-13H,4-5,10-11,14H2,1-3H3,(H,21,22,26). The monoisotopic (exact) mass is 354 g/mol. The molecule has 0 spiro atoms. The SMILES string of the molecule is CCN(CC)CCn1c(NC(=O)Cn2cc(C)cn2)nc2ccccc21. The number of carbonyl (C=O) groups is 1. The van der Waals surface area contributed by atoms with E-state index in [-0.39, 0.29) is 12.5 Å². The van der Waals surface area contributed by atoms with E-state index in [2.05, 4.69) is 38.7 Å². The molecule has 138 valence electrons. The van der Waals surface area contributed by atoms with Gasteiger partial charge in [0.25, 0.3) is 0 Å². The Hall–Kier alpha value is -2.67. The number of aryl methyl sites for hydroxylation is 1. The van der Waals surface area contributed by atoms with Crippen molar-refractivity contribution in [1.29, 1.82) is 0 Å². The highest BCUT2D eigenvalue weighted by molar-refractivity contribution is 5.91. The number of hydrogen-bond donors (Lipinski definition) is 1. The molecule has 0 fully saturated rings. The average molecular weight is 354 g/mol. The summed E-state index contributed by atoms with van der Waals surface area (Å²) in [6.45, 7) is 10.1. The van der Waals surface area contributed by atoms with E-state index in [0.717, 1.165) is 42.8 Å². The van der Waals surface area contributed by atoms with Crippen LogP contribution in [0.5, 0.6) is 0 Å². The fraction of sp³-hybridized carbons (Fsp3) is 0.421. The highest BCUT2D eigenvalue weighted by atomic mass is 16.2. The second-order valence-corrected chi connectivity index (χ2v) is 6.37. The molecule has 3 rings (SSSR count). The van der Waals surface area contributed by atoms with E-state index in [1.165, 1.54) is 0 Å². The molecule has 0 aliphatic carbocycles. The van der Waals surface area contributed by atoms with Crippen LogP contribution in [0.3, 0.4) is 0 Å². The number of rotatable bonds is 8. The summed E-state index contributed by atoms with van der Waals surface area (Å²) in [4.78, 5) is 19.4. The maximum Gasteiger partial charge on any atom is 0.248 e. The molecule has 1 amide bonds. The molecule has 1 aromatic carbocycles. The zero-order chi connectivity index (χ0) is 18.5. The Morgan fingerprint density at radius 1 is 1.23 bits per heavy atom. The maximum absolute atomic E-state index is 12.4. The van der Waals surface area contributed by atoms with E-state index in [0.29, 0.717) is 5.95 Å². The van der Waals surface area contributed by atoms with Gasteiger partial charge in [0.05, 0.1) is 17.2 Å². The molecule has 0 saturated heterocycles. The molecule has 0 radical (unpaired) electrons. The lowest BCUT2D eigenvalue weighted by atomic mass is 10.3. The van der Waals surface area contributed by atoms with Gasteiger partial charge in [0.2, 0.25) is 11.9 Å². The maximum atomic E-state index is 12.4. The second kappa shape index (κ2) is 8.14. The van der Waals surface area contributed by atoms with Crippen molar-refractivity contribution in [3.63, 3.8) is 0 Å². The molecule has 1 N–H and O–H groups in total. The lowest BCUT2D eigenvalue weighted by Crippen LogP contribution is -2.28. The highest BCUT2D eigenvalue weighted by Crippen LogP contribution is 2.19. The molecule has 0 unspecified atom stereocenters. The van der Waals surface area contributed by atoms with Crippen LogP contribution in [0.15, 0.2) is 36.7 Å². The van der Waals surface area contributed by atoms with Gasteiger partial charge in [0.1, 0.15) is 6.54 Å². The topological polar surface area (TPSA) is 68.0 Å². The van der Waals surface area contributed by atoms with Gasteiger partial charge in [0.15, 0.2) is 0 Å². The molecule has 2 aromatic heterocycles. The normalized spacial score (nSPS) is 11.4. The third-order valence-corrected chi connectivity index (χ3v) is 4.51. The number of amides is 1. The van der Waals surface area contributed by atoms with Gasteiger partial charge in [-0.05, 0) is 37.7 Å². The molecule has 26 heavy (non-hydrogen) atoms. The summed E-state index contributed by atoms with van der Waals surface area (Å²) in [5.41, 5.74) is 2.95. The summed E-state index contributed by atoms with van der Waals surface area (Å²) in [5, 5.41) is 7.12. The van der Waals surface area contributed by atoms with Crippen LogP contribution >= 0.6 is 0 Å². The predicted molar refractivity (Wildman–Crippen MR) is 103 cm³/mol. The van der Waals surface area contributed by atoms with Gasteiger partial charge in [-0.3, -0.25) is 14.8 Å². The summed E-state index contributed by atoms with van der Waals surface area (Å²) in [5.74, 6) is 0.458. The van der Waals surface area contributed by atoms with Crippen molar-refractivity contribution < 1.29 is 4.79 Å². The molecule has 0 saturated carbocycles. The number of imidazole rings is 1. The van der Waals surface area contributed by atoms with Crippen LogP contribution in [0, 0.1) is 6.92 Å². The molecule has 0 aliphatic heterocycles. The van der Waals surface area contributed by atoms with Crippen LogP contribution in [0.4, 0.5) is 5.95 Å². The Kier molecular flexibility index (Phi) is 5.68. The van der Waals surface area contributed by atoms with E-state index >= 15 is 0 Å². The first-order chi connectivity index (χ1) is 12.6. The van der Waals surface area contributed by atoms with Crippen LogP contribution in [0.1, 0.15) is 19.4 Å². The third kappa shape index (κ3) is 4.11. The zero-order valence-corrected chi connectivity index (χ0v) is 15.6. The van der Waals surface area contributed by atoms with Gasteiger partial charge in [-0.25, -0.2) is 4.98 Å².